The molecule has 21 heavy (non-hydrogen) atoms. The first-order valence-corrected chi connectivity index (χ1v) is 7.34. The summed E-state index contributed by atoms with van der Waals surface area (Å²) in [4.78, 5) is 19.0. The fourth-order valence-electron chi connectivity index (χ4n) is 1.48. The molecule has 110 valence electrons. The third-order valence-corrected chi connectivity index (χ3v) is 3.82. The smallest absolute Gasteiger partial charge is 0.334 e. The fourth-order valence-corrected chi connectivity index (χ4v) is 2.39. The van der Waals surface area contributed by atoms with Crippen LogP contribution in [-0.4, -0.2) is 24.4 Å². The first-order valence-electron chi connectivity index (χ1n) is 5.86. The molecule has 2 aromatic rings. The molecule has 0 saturated heterocycles. The molecule has 0 aliphatic heterocycles. The van der Waals surface area contributed by atoms with Gasteiger partial charge in [0.2, 0.25) is 5.95 Å². The van der Waals surface area contributed by atoms with Crippen molar-refractivity contribution in [1.82, 2.24) is 14.7 Å². The normalized spacial score (nSPS) is 10.9. The number of nitrogens with zero attached hydrogens (tertiary/aromatic N) is 2. The number of sulfonamides is 1. The number of nitrogens with two attached hydrogens (primary N) is 1. The standard InChI is InChI=1S/C12H13N5O3S/c1-8-2-4-9(5-3-8)21(19,20)17-12(18)16-10-6-7-14-11(13)15-10/h2-7H,1H3,(H4,13,14,15,16,17,18). The van der Waals surface area contributed by atoms with Crippen molar-refractivity contribution in [3.05, 3.63) is 42.1 Å². The summed E-state index contributed by atoms with van der Waals surface area (Å²) < 4.78 is 25.8. The van der Waals surface area contributed by atoms with E-state index in [1.54, 1.807) is 12.1 Å². The SMILES string of the molecule is Cc1ccc(S(=O)(=O)NC(=O)Nc2ccnc(N)n2)cc1. The van der Waals surface area contributed by atoms with Gasteiger partial charge < -0.3 is 5.73 Å². The van der Waals surface area contributed by atoms with E-state index in [-0.39, 0.29) is 16.7 Å². The van der Waals surface area contributed by atoms with Crippen molar-refractivity contribution in [2.24, 2.45) is 0 Å². The third kappa shape index (κ3) is 3.89. The van der Waals surface area contributed by atoms with Crippen LogP contribution in [-0.2, 0) is 10.0 Å². The van der Waals surface area contributed by atoms with Crippen LogP contribution >= 0.6 is 0 Å². The molecule has 1 heterocycles. The molecule has 0 saturated carbocycles. The molecule has 0 spiro atoms. The molecule has 0 radical (unpaired) electrons. The number of benzene rings is 1. The summed E-state index contributed by atoms with van der Waals surface area (Å²) >= 11 is 0. The summed E-state index contributed by atoms with van der Waals surface area (Å²) in [7, 11) is -3.94. The number of nitrogens with one attached hydrogen (secondary N) is 2. The first-order chi connectivity index (χ1) is 9.87. The number of hydrogen-bond donors (Lipinski definition) is 3. The van der Waals surface area contributed by atoms with Crippen LogP contribution in [0.1, 0.15) is 5.56 Å². The van der Waals surface area contributed by atoms with Gasteiger partial charge in [-0.1, -0.05) is 17.7 Å². The highest BCUT2D eigenvalue weighted by Gasteiger charge is 2.17. The van der Waals surface area contributed by atoms with Crippen LogP contribution in [0.3, 0.4) is 0 Å². The van der Waals surface area contributed by atoms with Gasteiger partial charge in [-0.15, -0.1) is 0 Å². The van der Waals surface area contributed by atoms with Crippen LogP contribution in [0.5, 0.6) is 0 Å². The molecule has 0 unspecified atom stereocenters. The summed E-state index contributed by atoms with van der Waals surface area (Å²) in [6.45, 7) is 1.83. The maximum absolute atomic E-state index is 12.0. The molecule has 4 N–H and O–H groups in total. The molecule has 8 nitrogen and oxygen atoms in total. The van der Waals surface area contributed by atoms with Crippen LogP contribution < -0.4 is 15.8 Å². The van der Waals surface area contributed by atoms with E-state index >= 15 is 0 Å². The van der Waals surface area contributed by atoms with Gasteiger partial charge in [-0.25, -0.2) is 22.9 Å². The highest BCUT2D eigenvalue weighted by molar-refractivity contribution is 7.90. The molecule has 0 fully saturated rings. The predicted octanol–water partition coefficient (Wildman–Crippen LogP) is 0.878. The second-order valence-electron chi connectivity index (χ2n) is 4.17. The van der Waals surface area contributed by atoms with E-state index < -0.39 is 16.1 Å². The molecular formula is C12H13N5O3S. The van der Waals surface area contributed by atoms with E-state index in [1.165, 1.54) is 24.4 Å². The van der Waals surface area contributed by atoms with E-state index in [1.807, 2.05) is 11.6 Å². The number of anilines is 2. The lowest BCUT2D eigenvalue weighted by atomic mass is 10.2. The molecule has 0 aliphatic carbocycles. The zero-order valence-corrected chi connectivity index (χ0v) is 11.9. The predicted molar refractivity (Wildman–Crippen MR) is 77.0 cm³/mol. The number of aromatic nitrogens is 2. The van der Waals surface area contributed by atoms with Gasteiger partial charge in [0.15, 0.2) is 0 Å². The highest BCUT2D eigenvalue weighted by atomic mass is 32.2. The number of carbonyl (C=O) groups is 1. The van der Waals surface area contributed by atoms with Crippen LogP contribution in [0, 0.1) is 6.92 Å². The lowest BCUT2D eigenvalue weighted by Gasteiger charge is -2.08. The van der Waals surface area contributed by atoms with Crippen molar-refractivity contribution in [1.29, 1.82) is 0 Å². The maximum atomic E-state index is 12.0. The molecule has 0 aliphatic rings. The van der Waals surface area contributed by atoms with Crippen molar-refractivity contribution in [3.63, 3.8) is 0 Å². The Morgan fingerprint density at radius 2 is 1.86 bits per heavy atom. The van der Waals surface area contributed by atoms with Gasteiger partial charge in [0.05, 0.1) is 4.90 Å². The van der Waals surface area contributed by atoms with E-state index in [9.17, 15) is 13.2 Å². The Kier molecular flexibility index (Phi) is 4.03. The number of amides is 2. The number of hydrogen-bond acceptors (Lipinski definition) is 6. The van der Waals surface area contributed by atoms with Crippen LogP contribution in [0.2, 0.25) is 0 Å². The Labute approximate surface area is 121 Å². The van der Waals surface area contributed by atoms with Gasteiger partial charge in [0.25, 0.3) is 10.0 Å². The minimum absolute atomic E-state index is 0.00884. The molecule has 1 aromatic heterocycles. The number of rotatable bonds is 3. The monoisotopic (exact) mass is 307 g/mol. The molecule has 2 amide bonds. The van der Waals surface area contributed by atoms with Gasteiger partial charge in [-0.3, -0.25) is 5.32 Å². The highest BCUT2D eigenvalue weighted by Crippen LogP contribution is 2.10. The number of carbonyl (C=O) groups excluding carboxylic acids is 1. The van der Waals surface area contributed by atoms with Crippen LogP contribution in [0.15, 0.2) is 41.4 Å². The minimum Gasteiger partial charge on any atom is -0.368 e. The second-order valence-corrected chi connectivity index (χ2v) is 5.86. The minimum atomic E-state index is -3.94. The summed E-state index contributed by atoms with van der Waals surface area (Å²) in [5.74, 6) is 0.0632. The fraction of sp³-hybridized carbons (Fsp3) is 0.0833. The first kappa shape index (κ1) is 14.7. The van der Waals surface area contributed by atoms with Crippen molar-refractivity contribution >= 4 is 27.8 Å². The average Bonchev–Trinajstić information content (AvgIpc) is 2.38. The summed E-state index contributed by atoms with van der Waals surface area (Å²) in [5.41, 5.74) is 6.27. The lowest BCUT2D eigenvalue weighted by molar-refractivity contribution is 0.256. The van der Waals surface area contributed by atoms with E-state index in [0.717, 1.165) is 5.56 Å². The Bertz CT molecular complexity index is 759. The van der Waals surface area contributed by atoms with Crippen molar-refractivity contribution in [2.45, 2.75) is 11.8 Å². The van der Waals surface area contributed by atoms with Gasteiger partial charge in [0.1, 0.15) is 5.82 Å². The Hall–Kier alpha value is -2.68. The quantitative estimate of drug-likeness (QED) is 0.772. The van der Waals surface area contributed by atoms with Crippen molar-refractivity contribution < 1.29 is 13.2 Å². The Balaban J connectivity index is 2.09. The van der Waals surface area contributed by atoms with Gasteiger partial charge in [-0.05, 0) is 25.1 Å². The molecular weight excluding hydrogens is 294 g/mol. The summed E-state index contributed by atoms with van der Waals surface area (Å²) in [5, 5.41) is 2.26. The van der Waals surface area contributed by atoms with Crippen molar-refractivity contribution in [2.75, 3.05) is 11.1 Å². The average molecular weight is 307 g/mol. The molecule has 0 bridgehead atoms. The summed E-state index contributed by atoms with van der Waals surface area (Å²) in [6.07, 6.45) is 1.34. The van der Waals surface area contributed by atoms with E-state index in [0.29, 0.717) is 0 Å². The topological polar surface area (TPSA) is 127 Å². The number of nitrogen functional groups attached to an aromatic ring is 1. The molecule has 2 rings (SSSR count). The third-order valence-electron chi connectivity index (χ3n) is 2.47. The summed E-state index contributed by atoms with van der Waals surface area (Å²) in [6, 6.07) is 6.54. The van der Waals surface area contributed by atoms with Crippen LogP contribution in [0.4, 0.5) is 16.6 Å². The Morgan fingerprint density at radius 3 is 2.48 bits per heavy atom. The number of aryl methyl sites for hydroxylation is 1. The molecule has 1 aromatic carbocycles. The maximum Gasteiger partial charge on any atom is 0.334 e. The zero-order chi connectivity index (χ0) is 15.5. The van der Waals surface area contributed by atoms with Gasteiger partial charge in [-0.2, -0.15) is 4.98 Å². The molecule has 9 heteroatoms. The van der Waals surface area contributed by atoms with Gasteiger partial charge >= 0.3 is 6.03 Å². The Morgan fingerprint density at radius 1 is 1.19 bits per heavy atom. The largest absolute Gasteiger partial charge is 0.368 e. The van der Waals surface area contributed by atoms with E-state index in [4.69, 9.17) is 5.73 Å². The zero-order valence-electron chi connectivity index (χ0n) is 11.1. The second kappa shape index (κ2) is 5.75. The van der Waals surface area contributed by atoms with E-state index in [2.05, 4.69) is 15.3 Å². The van der Waals surface area contributed by atoms with Crippen LogP contribution in [0.25, 0.3) is 0 Å². The lowest BCUT2D eigenvalue weighted by Crippen LogP contribution is -2.34. The van der Waals surface area contributed by atoms with Gasteiger partial charge in [0, 0.05) is 6.20 Å². The number of urea groups is 1. The van der Waals surface area contributed by atoms with Crippen molar-refractivity contribution in [3.8, 4) is 0 Å². The molecule has 0 atom stereocenters.